The van der Waals surface area contributed by atoms with E-state index in [0.717, 1.165) is 22.4 Å². The lowest BCUT2D eigenvalue weighted by Crippen LogP contribution is -2.34. The van der Waals surface area contributed by atoms with Crippen molar-refractivity contribution in [3.63, 3.8) is 0 Å². The molecule has 0 saturated carbocycles. The molecule has 1 aliphatic rings. The van der Waals surface area contributed by atoms with E-state index in [4.69, 9.17) is 4.74 Å². The van der Waals surface area contributed by atoms with Gasteiger partial charge in [0.15, 0.2) is 0 Å². The average Bonchev–Trinajstić information content (AvgIpc) is 2.50. The van der Waals surface area contributed by atoms with Gasteiger partial charge in [0.2, 0.25) is 0 Å². The fourth-order valence-corrected chi connectivity index (χ4v) is 2.98. The maximum Gasteiger partial charge on any atom is 0.124 e. The lowest BCUT2D eigenvalue weighted by molar-refractivity contribution is 0.241. The van der Waals surface area contributed by atoms with Gasteiger partial charge in [-0.05, 0) is 42.7 Å². The number of para-hydroxylation sites is 1. The highest BCUT2D eigenvalue weighted by Gasteiger charge is 2.38. The Kier molecular flexibility index (Phi) is 3.39. The van der Waals surface area contributed by atoms with Gasteiger partial charge < -0.3 is 4.74 Å². The Morgan fingerprint density at radius 2 is 2.10 bits per heavy atom. The van der Waals surface area contributed by atoms with Crippen molar-refractivity contribution in [3.8, 4) is 11.8 Å². The average molecular weight is 281 g/mol. The van der Waals surface area contributed by atoms with Crippen molar-refractivity contribution >= 4 is 0 Å². The van der Waals surface area contributed by atoms with Gasteiger partial charge in [-0.2, -0.15) is 5.26 Å². The third-order valence-corrected chi connectivity index (χ3v) is 4.20. The minimum absolute atomic E-state index is 0.241. The summed E-state index contributed by atoms with van der Waals surface area (Å²) in [5.74, 6) is 0.541. The number of halogens is 1. The second-order valence-electron chi connectivity index (χ2n) is 5.54. The van der Waals surface area contributed by atoms with Crippen LogP contribution >= 0.6 is 0 Å². The number of ether oxygens (including phenoxy) is 1. The number of nitriles is 1. The van der Waals surface area contributed by atoms with E-state index in [1.54, 1.807) is 6.07 Å². The molecule has 2 aromatic carbocycles. The molecule has 3 heteroatoms. The Labute approximate surface area is 123 Å². The van der Waals surface area contributed by atoms with Gasteiger partial charge in [-0.3, -0.25) is 0 Å². The molecule has 1 heterocycles. The first-order valence-corrected chi connectivity index (χ1v) is 7.03. The highest BCUT2D eigenvalue weighted by atomic mass is 19.1. The molecule has 0 saturated heterocycles. The number of benzene rings is 2. The molecule has 0 spiro atoms. The molecule has 1 atom stereocenters. The lowest BCUT2D eigenvalue weighted by atomic mass is 9.72. The minimum Gasteiger partial charge on any atom is -0.493 e. The van der Waals surface area contributed by atoms with Crippen molar-refractivity contribution in [3.05, 3.63) is 65.0 Å². The molecule has 1 aliphatic heterocycles. The second kappa shape index (κ2) is 5.21. The summed E-state index contributed by atoms with van der Waals surface area (Å²) in [5, 5.41) is 9.82. The SMILES string of the molecule is Cc1cc(F)ccc1CC1(C#N)CCOc2ccccc21. The number of fused-ring (bicyclic) bond motifs is 1. The van der Waals surface area contributed by atoms with Crippen LogP contribution in [0.25, 0.3) is 0 Å². The normalized spacial score (nSPS) is 20.2. The summed E-state index contributed by atoms with van der Waals surface area (Å²) in [7, 11) is 0. The summed E-state index contributed by atoms with van der Waals surface area (Å²) in [6, 6.07) is 14.9. The fraction of sp³-hybridized carbons (Fsp3) is 0.278. The lowest BCUT2D eigenvalue weighted by Gasteiger charge is -2.33. The Morgan fingerprint density at radius 3 is 2.86 bits per heavy atom. The second-order valence-corrected chi connectivity index (χ2v) is 5.54. The van der Waals surface area contributed by atoms with Gasteiger partial charge >= 0.3 is 0 Å². The quantitative estimate of drug-likeness (QED) is 0.835. The third kappa shape index (κ3) is 2.38. The van der Waals surface area contributed by atoms with E-state index in [2.05, 4.69) is 6.07 Å². The zero-order valence-electron chi connectivity index (χ0n) is 11.9. The first-order valence-electron chi connectivity index (χ1n) is 7.03. The van der Waals surface area contributed by atoms with Crippen molar-refractivity contribution in [1.29, 1.82) is 5.26 Å². The molecule has 0 amide bonds. The van der Waals surface area contributed by atoms with E-state index in [1.807, 2.05) is 31.2 Å². The van der Waals surface area contributed by atoms with Crippen molar-refractivity contribution in [2.75, 3.05) is 6.61 Å². The van der Waals surface area contributed by atoms with Crippen LogP contribution in [0.15, 0.2) is 42.5 Å². The summed E-state index contributed by atoms with van der Waals surface area (Å²) in [4.78, 5) is 0. The van der Waals surface area contributed by atoms with E-state index >= 15 is 0 Å². The Bertz CT molecular complexity index is 719. The summed E-state index contributed by atoms with van der Waals surface area (Å²) in [5.41, 5.74) is 2.22. The van der Waals surface area contributed by atoms with Crippen molar-refractivity contribution < 1.29 is 9.13 Å². The number of nitrogens with zero attached hydrogens (tertiary/aromatic N) is 1. The number of hydrogen-bond acceptors (Lipinski definition) is 2. The van der Waals surface area contributed by atoms with Crippen LogP contribution in [-0.4, -0.2) is 6.61 Å². The van der Waals surface area contributed by atoms with Gasteiger partial charge in [0.1, 0.15) is 11.6 Å². The molecule has 0 radical (unpaired) electrons. The molecule has 3 rings (SSSR count). The van der Waals surface area contributed by atoms with E-state index in [9.17, 15) is 9.65 Å². The van der Waals surface area contributed by atoms with Crippen LogP contribution in [-0.2, 0) is 11.8 Å². The van der Waals surface area contributed by atoms with E-state index in [-0.39, 0.29) is 5.82 Å². The maximum atomic E-state index is 13.3. The van der Waals surface area contributed by atoms with E-state index in [1.165, 1.54) is 12.1 Å². The molecule has 0 aliphatic carbocycles. The maximum absolute atomic E-state index is 13.3. The molecule has 106 valence electrons. The third-order valence-electron chi connectivity index (χ3n) is 4.20. The predicted molar refractivity (Wildman–Crippen MR) is 78.7 cm³/mol. The van der Waals surface area contributed by atoms with Gasteiger partial charge in [0.25, 0.3) is 0 Å². The molecule has 0 fully saturated rings. The summed E-state index contributed by atoms with van der Waals surface area (Å²) >= 11 is 0. The van der Waals surface area contributed by atoms with Gasteiger partial charge in [0.05, 0.1) is 18.1 Å². The number of rotatable bonds is 2. The van der Waals surface area contributed by atoms with Gasteiger partial charge in [-0.25, -0.2) is 4.39 Å². The largest absolute Gasteiger partial charge is 0.493 e. The van der Waals surface area contributed by atoms with Crippen molar-refractivity contribution in [2.24, 2.45) is 0 Å². The fourth-order valence-electron chi connectivity index (χ4n) is 2.98. The van der Waals surface area contributed by atoms with Crippen LogP contribution in [0.1, 0.15) is 23.1 Å². The highest BCUT2D eigenvalue weighted by Crippen LogP contribution is 2.41. The monoisotopic (exact) mass is 281 g/mol. The van der Waals surface area contributed by atoms with Crippen LogP contribution in [0.2, 0.25) is 0 Å². The molecule has 1 unspecified atom stereocenters. The van der Waals surface area contributed by atoms with Gasteiger partial charge in [-0.1, -0.05) is 24.3 Å². The Balaban J connectivity index is 2.05. The van der Waals surface area contributed by atoms with Crippen molar-refractivity contribution in [2.45, 2.75) is 25.2 Å². The topological polar surface area (TPSA) is 33.0 Å². The summed E-state index contributed by atoms with van der Waals surface area (Å²) < 4.78 is 18.9. The molecular weight excluding hydrogens is 265 g/mol. The van der Waals surface area contributed by atoms with Crippen LogP contribution in [0.3, 0.4) is 0 Å². The van der Waals surface area contributed by atoms with E-state index < -0.39 is 5.41 Å². The standard InChI is InChI=1S/C18H16FNO/c1-13-10-15(19)7-6-14(13)11-18(12-20)8-9-21-17-5-3-2-4-16(17)18/h2-7,10H,8-9,11H2,1H3. The molecule has 0 bridgehead atoms. The van der Waals surface area contributed by atoms with Crippen LogP contribution < -0.4 is 4.74 Å². The number of aryl methyl sites for hydroxylation is 1. The molecule has 0 aromatic heterocycles. The summed E-state index contributed by atoms with van der Waals surface area (Å²) in [6.45, 7) is 2.42. The van der Waals surface area contributed by atoms with Gasteiger partial charge in [-0.15, -0.1) is 0 Å². The van der Waals surface area contributed by atoms with Crippen LogP contribution in [0.5, 0.6) is 5.75 Å². The molecule has 21 heavy (non-hydrogen) atoms. The number of hydrogen-bond donors (Lipinski definition) is 0. The Morgan fingerprint density at radius 1 is 1.29 bits per heavy atom. The van der Waals surface area contributed by atoms with Gasteiger partial charge in [0, 0.05) is 12.0 Å². The zero-order chi connectivity index (χ0) is 14.9. The molecule has 2 aromatic rings. The van der Waals surface area contributed by atoms with Crippen LogP contribution in [0, 0.1) is 24.1 Å². The first-order chi connectivity index (χ1) is 10.1. The molecule has 2 nitrogen and oxygen atoms in total. The zero-order valence-corrected chi connectivity index (χ0v) is 11.9. The van der Waals surface area contributed by atoms with E-state index in [0.29, 0.717) is 19.4 Å². The summed E-state index contributed by atoms with van der Waals surface area (Å²) in [6.07, 6.45) is 1.23. The van der Waals surface area contributed by atoms with Crippen molar-refractivity contribution in [1.82, 2.24) is 0 Å². The molecular formula is C18H16FNO. The first kappa shape index (κ1) is 13.6. The minimum atomic E-state index is -0.600. The highest BCUT2D eigenvalue weighted by molar-refractivity contribution is 5.47. The Hall–Kier alpha value is -2.34. The van der Waals surface area contributed by atoms with Crippen LogP contribution in [0.4, 0.5) is 4.39 Å². The predicted octanol–water partition coefficient (Wildman–Crippen LogP) is 3.92. The molecule has 0 N–H and O–H groups in total. The smallest absolute Gasteiger partial charge is 0.124 e.